The van der Waals surface area contributed by atoms with Crippen LogP contribution in [-0.2, 0) is 0 Å². The highest BCUT2D eigenvalue weighted by Gasteiger charge is 2.11. The third-order valence-electron chi connectivity index (χ3n) is 2.37. The minimum Gasteiger partial charge on any atom is -0.456 e. The van der Waals surface area contributed by atoms with Crippen LogP contribution in [0.3, 0.4) is 0 Å². The average molecular weight is 278 g/mol. The van der Waals surface area contributed by atoms with Crippen molar-refractivity contribution in [1.29, 1.82) is 0 Å². The molecule has 0 heterocycles. The Labute approximate surface area is 113 Å². The Bertz CT molecular complexity index is 625. The second-order valence-corrected chi connectivity index (χ2v) is 4.07. The summed E-state index contributed by atoms with van der Waals surface area (Å²) >= 11 is 5.91. The summed E-state index contributed by atoms with van der Waals surface area (Å²) in [5, 5.41) is 10.9. The SMILES string of the molecule is O=Cc1ccc(Oc2cc([N+](=O)[O-])ccc2Cl)cc1. The second kappa shape index (κ2) is 5.49. The van der Waals surface area contributed by atoms with Gasteiger partial charge in [0.25, 0.3) is 5.69 Å². The van der Waals surface area contributed by atoms with E-state index >= 15 is 0 Å². The molecule has 0 amide bonds. The predicted octanol–water partition coefficient (Wildman–Crippen LogP) is 3.85. The number of hydrogen-bond acceptors (Lipinski definition) is 4. The maximum atomic E-state index is 10.7. The number of aldehydes is 1. The number of nitrogens with zero attached hydrogens (tertiary/aromatic N) is 1. The topological polar surface area (TPSA) is 69.4 Å². The van der Waals surface area contributed by atoms with Crippen LogP contribution in [0.25, 0.3) is 0 Å². The lowest BCUT2D eigenvalue weighted by molar-refractivity contribution is -0.384. The van der Waals surface area contributed by atoms with Crippen molar-refractivity contribution in [2.75, 3.05) is 0 Å². The Morgan fingerprint density at radius 3 is 2.42 bits per heavy atom. The van der Waals surface area contributed by atoms with Gasteiger partial charge in [-0.1, -0.05) is 11.6 Å². The van der Waals surface area contributed by atoms with Gasteiger partial charge in [0.1, 0.15) is 12.0 Å². The van der Waals surface area contributed by atoms with Crippen LogP contribution in [0.2, 0.25) is 5.02 Å². The Morgan fingerprint density at radius 2 is 1.84 bits per heavy atom. The number of nitro groups is 1. The van der Waals surface area contributed by atoms with Crippen molar-refractivity contribution in [3.05, 3.63) is 63.2 Å². The molecule has 0 atom stereocenters. The molecule has 0 bridgehead atoms. The predicted molar refractivity (Wildman–Crippen MR) is 70.0 cm³/mol. The molecule has 96 valence electrons. The van der Waals surface area contributed by atoms with Crippen molar-refractivity contribution in [2.24, 2.45) is 0 Å². The smallest absolute Gasteiger partial charge is 0.273 e. The lowest BCUT2D eigenvalue weighted by Gasteiger charge is -2.07. The fraction of sp³-hybridized carbons (Fsp3) is 0. The molecule has 2 aromatic carbocycles. The fourth-order valence-electron chi connectivity index (χ4n) is 1.43. The molecule has 2 rings (SSSR count). The number of ether oxygens (including phenoxy) is 1. The van der Waals surface area contributed by atoms with E-state index in [4.69, 9.17) is 16.3 Å². The summed E-state index contributed by atoms with van der Waals surface area (Å²) in [7, 11) is 0. The minimum atomic E-state index is -0.529. The number of benzene rings is 2. The molecule has 6 heteroatoms. The summed E-state index contributed by atoms with van der Waals surface area (Å²) in [6, 6.07) is 10.3. The van der Waals surface area contributed by atoms with Gasteiger partial charge in [0.05, 0.1) is 16.0 Å². The molecule has 0 spiro atoms. The van der Waals surface area contributed by atoms with Gasteiger partial charge in [-0.3, -0.25) is 14.9 Å². The van der Waals surface area contributed by atoms with Crippen LogP contribution in [0.5, 0.6) is 11.5 Å². The number of nitro benzene ring substituents is 1. The maximum absolute atomic E-state index is 10.7. The number of carbonyl (C=O) groups is 1. The van der Waals surface area contributed by atoms with Crippen LogP contribution in [0.4, 0.5) is 5.69 Å². The highest BCUT2D eigenvalue weighted by molar-refractivity contribution is 6.32. The summed E-state index contributed by atoms with van der Waals surface area (Å²) in [5.41, 5.74) is 0.404. The van der Waals surface area contributed by atoms with Crippen molar-refractivity contribution in [3.8, 4) is 11.5 Å². The number of halogens is 1. The molecule has 19 heavy (non-hydrogen) atoms. The minimum absolute atomic E-state index is 0.107. The third-order valence-corrected chi connectivity index (χ3v) is 2.68. The van der Waals surface area contributed by atoms with E-state index in [9.17, 15) is 14.9 Å². The molecule has 0 aliphatic carbocycles. The van der Waals surface area contributed by atoms with Gasteiger partial charge < -0.3 is 4.74 Å². The number of hydrogen-bond donors (Lipinski definition) is 0. The van der Waals surface area contributed by atoms with Gasteiger partial charge >= 0.3 is 0 Å². The average Bonchev–Trinajstić information content (AvgIpc) is 2.42. The quantitative estimate of drug-likeness (QED) is 0.483. The zero-order chi connectivity index (χ0) is 13.8. The number of non-ortho nitro benzene ring substituents is 1. The Balaban J connectivity index is 2.28. The molecule has 0 aromatic heterocycles. The first kappa shape index (κ1) is 13.0. The van der Waals surface area contributed by atoms with Gasteiger partial charge in [0, 0.05) is 11.6 Å². The molecule has 0 unspecified atom stereocenters. The first-order valence-electron chi connectivity index (χ1n) is 5.27. The summed E-state index contributed by atoms with van der Waals surface area (Å²) in [6.45, 7) is 0. The van der Waals surface area contributed by atoms with Gasteiger partial charge in [0.15, 0.2) is 5.75 Å². The van der Waals surface area contributed by atoms with Gasteiger partial charge in [-0.15, -0.1) is 0 Å². The molecule has 2 aromatic rings. The van der Waals surface area contributed by atoms with Crippen LogP contribution in [-0.4, -0.2) is 11.2 Å². The lowest BCUT2D eigenvalue weighted by Crippen LogP contribution is -1.91. The highest BCUT2D eigenvalue weighted by atomic mass is 35.5. The summed E-state index contributed by atoms with van der Waals surface area (Å²) in [4.78, 5) is 20.7. The lowest BCUT2D eigenvalue weighted by atomic mass is 10.2. The zero-order valence-corrected chi connectivity index (χ0v) is 10.3. The number of rotatable bonds is 4. The highest BCUT2D eigenvalue weighted by Crippen LogP contribution is 2.32. The van der Waals surface area contributed by atoms with Gasteiger partial charge in [-0.25, -0.2) is 0 Å². The van der Waals surface area contributed by atoms with Crippen molar-refractivity contribution < 1.29 is 14.5 Å². The van der Waals surface area contributed by atoms with Gasteiger partial charge in [-0.05, 0) is 30.3 Å². The summed E-state index contributed by atoms with van der Waals surface area (Å²) < 4.78 is 5.45. The molecule has 0 aliphatic rings. The zero-order valence-electron chi connectivity index (χ0n) is 9.58. The fourth-order valence-corrected chi connectivity index (χ4v) is 1.58. The molecule has 0 radical (unpaired) electrons. The van der Waals surface area contributed by atoms with E-state index in [0.29, 0.717) is 17.6 Å². The van der Waals surface area contributed by atoms with E-state index in [1.807, 2.05) is 0 Å². The first-order chi connectivity index (χ1) is 9.10. The molecule has 0 saturated carbocycles. The Morgan fingerprint density at radius 1 is 1.16 bits per heavy atom. The monoisotopic (exact) mass is 277 g/mol. The van der Waals surface area contributed by atoms with Crippen molar-refractivity contribution in [1.82, 2.24) is 0 Å². The van der Waals surface area contributed by atoms with Crippen molar-refractivity contribution in [3.63, 3.8) is 0 Å². The molecular weight excluding hydrogens is 270 g/mol. The van der Waals surface area contributed by atoms with Crippen LogP contribution in [0.15, 0.2) is 42.5 Å². The molecule has 0 aliphatic heterocycles. The van der Waals surface area contributed by atoms with Gasteiger partial charge in [-0.2, -0.15) is 0 Å². The molecule has 0 saturated heterocycles. The van der Waals surface area contributed by atoms with Crippen molar-refractivity contribution in [2.45, 2.75) is 0 Å². The summed E-state index contributed by atoms with van der Waals surface area (Å²) in [6.07, 6.45) is 0.712. The van der Waals surface area contributed by atoms with Crippen LogP contribution in [0, 0.1) is 10.1 Å². The van der Waals surface area contributed by atoms with Crippen molar-refractivity contribution >= 4 is 23.6 Å². The largest absolute Gasteiger partial charge is 0.456 e. The Hall–Kier alpha value is -2.40. The van der Waals surface area contributed by atoms with Crippen LogP contribution in [0.1, 0.15) is 10.4 Å². The number of carbonyl (C=O) groups excluding carboxylic acids is 1. The van der Waals surface area contributed by atoms with E-state index < -0.39 is 4.92 Å². The van der Waals surface area contributed by atoms with Crippen LogP contribution < -0.4 is 4.74 Å². The van der Waals surface area contributed by atoms with E-state index in [2.05, 4.69) is 0 Å². The van der Waals surface area contributed by atoms with Gasteiger partial charge in [0.2, 0.25) is 0 Å². The molecule has 5 nitrogen and oxygen atoms in total. The standard InChI is InChI=1S/C13H8ClNO4/c14-12-6-3-10(15(17)18)7-13(12)19-11-4-1-9(8-16)2-5-11/h1-8H. The summed E-state index contributed by atoms with van der Waals surface area (Å²) in [5.74, 6) is 0.628. The molecule has 0 N–H and O–H groups in total. The normalized spacial score (nSPS) is 9.95. The van der Waals surface area contributed by atoms with E-state index in [0.717, 1.165) is 0 Å². The van der Waals surface area contributed by atoms with E-state index in [1.54, 1.807) is 24.3 Å². The van der Waals surface area contributed by atoms with Crippen LogP contribution >= 0.6 is 11.6 Å². The second-order valence-electron chi connectivity index (χ2n) is 3.66. The third kappa shape index (κ3) is 3.08. The van der Waals surface area contributed by atoms with E-state index in [1.165, 1.54) is 18.2 Å². The molecular formula is C13H8ClNO4. The maximum Gasteiger partial charge on any atom is 0.273 e. The van der Waals surface area contributed by atoms with E-state index in [-0.39, 0.29) is 16.5 Å². The first-order valence-corrected chi connectivity index (χ1v) is 5.65. The molecule has 0 fully saturated rings. The Kier molecular flexibility index (Phi) is 3.77.